The largest absolute Gasteiger partial charge is 0.497 e. The maximum absolute atomic E-state index is 5.40. The molecule has 0 spiro atoms. The van der Waals surface area contributed by atoms with Crippen LogP contribution in [0.1, 0.15) is 25.3 Å². The lowest BCUT2D eigenvalue weighted by atomic mass is 10.2. The normalized spacial score (nSPS) is 14.9. The highest BCUT2D eigenvalue weighted by atomic mass is 127. The molecular weight excluding hydrogens is 483 g/mol. The number of guanidine groups is 1. The summed E-state index contributed by atoms with van der Waals surface area (Å²) in [6, 6.07) is 8.03. The number of halogens is 1. The van der Waals surface area contributed by atoms with Crippen molar-refractivity contribution >= 4 is 29.9 Å². The number of nitrogens with one attached hydrogen (secondary N) is 2. The van der Waals surface area contributed by atoms with Crippen molar-refractivity contribution in [1.82, 2.24) is 15.5 Å². The van der Waals surface area contributed by atoms with Crippen molar-refractivity contribution < 1.29 is 14.2 Å². The van der Waals surface area contributed by atoms with E-state index in [2.05, 4.69) is 15.5 Å². The maximum atomic E-state index is 5.40. The summed E-state index contributed by atoms with van der Waals surface area (Å²) in [6.45, 7) is 10.8. The van der Waals surface area contributed by atoms with Gasteiger partial charge in [-0.25, -0.2) is 4.99 Å². The number of hydrogen-bond donors (Lipinski definition) is 2. The molecular formula is C21H37IN4O3. The van der Waals surface area contributed by atoms with Gasteiger partial charge in [-0.3, -0.25) is 4.90 Å². The quantitative estimate of drug-likeness (QED) is 0.191. The van der Waals surface area contributed by atoms with E-state index < -0.39 is 0 Å². The van der Waals surface area contributed by atoms with E-state index >= 15 is 0 Å². The lowest BCUT2D eigenvalue weighted by Gasteiger charge is -2.26. The predicted octanol–water partition coefficient (Wildman–Crippen LogP) is 2.50. The van der Waals surface area contributed by atoms with Gasteiger partial charge in [0, 0.05) is 39.4 Å². The second-order valence-electron chi connectivity index (χ2n) is 6.72. The number of nitrogens with zero attached hydrogens (tertiary/aromatic N) is 2. The summed E-state index contributed by atoms with van der Waals surface area (Å²) in [6.07, 6.45) is 2.05. The number of methoxy groups -OCH3 is 1. The molecule has 1 saturated heterocycles. The molecule has 1 aliphatic rings. The van der Waals surface area contributed by atoms with Gasteiger partial charge in [-0.05, 0) is 44.0 Å². The van der Waals surface area contributed by atoms with E-state index in [1.165, 1.54) is 0 Å². The lowest BCUT2D eigenvalue weighted by Crippen LogP contribution is -2.41. The fourth-order valence-corrected chi connectivity index (χ4v) is 2.94. The SMILES string of the molecule is CCOCCCNC(=NCc1ccc(OC)cc1)NCCCN1CCOCC1.I. The first kappa shape index (κ1) is 25.9. The second kappa shape index (κ2) is 16.7. The van der Waals surface area contributed by atoms with Gasteiger partial charge >= 0.3 is 0 Å². The summed E-state index contributed by atoms with van der Waals surface area (Å²) in [5.74, 6) is 1.72. The van der Waals surface area contributed by atoms with Crippen LogP contribution in [0.15, 0.2) is 29.3 Å². The first-order chi connectivity index (χ1) is 13.8. The second-order valence-corrected chi connectivity index (χ2v) is 6.72. The van der Waals surface area contributed by atoms with Crippen molar-refractivity contribution in [3.05, 3.63) is 29.8 Å². The van der Waals surface area contributed by atoms with Gasteiger partial charge in [0.2, 0.25) is 0 Å². The topological polar surface area (TPSA) is 67.3 Å². The third-order valence-corrected chi connectivity index (χ3v) is 4.59. The Kier molecular flexibility index (Phi) is 14.9. The molecule has 0 saturated carbocycles. The fraction of sp³-hybridized carbons (Fsp3) is 0.667. The fourth-order valence-electron chi connectivity index (χ4n) is 2.94. The summed E-state index contributed by atoms with van der Waals surface area (Å²) in [5.41, 5.74) is 1.16. The molecule has 1 aromatic carbocycles. The molecule has 1 heterocycles. The van der Waals surface area contributed by atoms with Crippen LogP contribution in [0.3, 0.4) is 0 Å². The predicted molar refractivity (Wildman–Crippen MR) is 129 cm³/mol. The molecule has 0 unspecified atom stereocenters. The number of aliphatic imine (C=N–C) groups is 1. The summed E-state index contributed by atoms with van der Waals surface area (Å²) in [5, 5.41) is 6.87. The van der Waals surface area contributed by atoms with E-state index in [1.54, 1.807) is 7.11 Å². The zero-order chi connectivity index (χ0) is 19.9. The minimum atomic E-state index is 0. The molecule has 0 aromatic heterocycles. The average molecular weight is 520 g/mol. The monoisotopic (exact) mass is 520 g/mol. The van der Waals surface area contributed by atoms with Crippen LogP contribution < -0.4 is 15.4 Å². The third-order valence-electron chi connectivity index (χ3n) is 4.59. The van der Waals surface area contributed by atoms with Crippen LogP contribution >= 0.6 is 24.0 Å². The first-order valence-electron chi connectivity index (χ1n) is 10.3. The van der Waals surface area contributed by atoms with E-state index in [0.29, 0.717) is 6.54 Å². The minimum Gasteiger partial charge on any atom is -0.497 e. The Morgan fingerprint density at radius 1 is 1.10 bits per heavy atom. The van der Waals surface area contributed by atoms with Crippen molar-refractivity contribution in [2.75, 3.05) is 66.3 Å². The van der Waals surface area contributed by atoms with Crippen LogP contribution in [0.25, 0.3) is 0 Å². The molecule has 7 nitrogen and oxygen atoms in total. The Morgan fingerprint density at radius 2 is 1.79 bits per heavy atom. The Balaban J connectivity index is 0.00000420. The van der Waals surface area contributed by atoms with Crippen LogP contribution in [0.2, 0.25) is 0 Å². The van der Waals surface area contributed by atoms with Gasteiger partial charge in [-0.2, -0.15) is 0 Å². The van der Waals surface area contributed by atoms with Gasteiger partial charge in [0.1, 0.15) is 5.75 Å². The van der Waals surface area contributed by atoms with Gasteiger partial charge in [0.15, 0.2) is 5.96 Å². The molecule has 1 aromatic rings. The van der Waals surface area contributed by atoms with Crippen LogP contribution in [-0.4, -0.2) is 77.1 Å². The van der Waals surface area contributed by atoms with E-state index in [4.69, 9.17) is 19.2 Å². The Morgan fingerprint density at radius 3 is 2.45 bits per heavy atom. The molecule has 1 fully saturated rings. The van der Waals surface area contributed by atoms with Crippen molar-refractivity contribution in [2.24, 2.45) is 4.99 Å². The zero-order valence-electron chi connectivity index (χ0n) is 17.8. The van der Waals surface area contributed by atoms with E-state index in [-0.39, 0.29) is 24.0 Å². The molecule has 0 amide bonds. The summed E-state index contributed by atoms with van der Waals surface area (Å²) < 4.78 is 16.0. The van der Waals surface area contributed by atoms with Crippen LogP contribution in [0.4, 0.5) is 0 Å². The maximum Gasteiger partial charge on any atom is 0.191 e. The highest BCUT2D eigenvalue weighted by Crippen LogP contribution is 2.11. The highest BCUT2D eigenvalue weighted by Gasteiger charge is 2.09. The number of hydrogen-bond acceptors (Lipinski definition) is 5. The summed E-state index contributed by atoms with van der Waals surface area (Å²) in [4.78, 5) is 7.18. The van der Waals surface area contributed by atoms with Gasteiger partial charge in [-0.1, -0.05) is 12.1 Å². The standard InChI is InChI=1S/C21H36N4O3.HI/c1-3-27-15-5-11-23-21(22-10-4-12-25-13-16-28-17-14-25)24-18-19-6-8-20(26-2)9-7-19;/h6-9H,3-5,10-18H2,1-2H3,(H2,22,23,24);1H. The van der Waals surface area contributed by atoms with Crippen molar-refractivity contribution in [1.29, 1.82) is 0 Å². The summed E-state index contributed by atoms with van der Waals surface area (Å²) >= 11 is 0. The number of rotatable bonds is 12. The molecule has 2 rings (SSSR count). The Bertz CT molecular complexity index is 551. The van der Waals surface area contributed by atoms with Crippen LogP contribution in [-0.2, 0) is 16.0 Å². The average Bonchev–Trinajstić information content (AvgIpc) is 2.75. The minimum absolute atomic E-state index is 0. The van der Waals surface area contributed by atoms with Crippen molar-refractivity contribution in [3.63, 3.8) is 0 Å². The number of ether oxygens (including phenoxy) is 3. The molecule has 2 N–H and O–H groups in total. The van der Waals surface area contributed by atoms with E-state index in [0.717, 1.165) is 89.3 Å². The van der Waals surface area contributed by atoms with Crippen LogP contribution in [0, 0.1) is 0 Å². The van der Waals surface area contributed by atoms with Crippen LogP contribution in [0.5, 0.6) is 5.75 Å². The molecule has 0 radical (unpaired) electrons. The van der Waals surface area contributed by atoms with Crippen molar-refractivity contribution in [2.45, 2.75) is 26.3 Å². The molecule has 1 aliphatic heterocycles. The van der Waals surface area contributed by atoms with E-state index in [9.17, 15) is 0 Å². The molecule has 166 valence electrons. The lowest BCUT2D eigenvalue weighted by molar-refractivity contribution is 0.0376. The molecule has 0 aliphatic carbocycles. The van der Waals surface area contributed by atoms with Gasteiger partial charge in [-0.15, -0.1) is 24.0 Å². The smallest absolute Gasteiger partial charge is 0.191 e. The molecule has 0 bridgehead atoms. The molecule has 29 heavy (non-hydrogen) atoms. The zero-order valence-corrected chi connectivity index (χ0v) is 20.2. The van der Waals surface area contributed by atoms with Gasteiger partial charge in [0.25, 0.3) is 0 Å². The number of benzene rings is 1. The summed E-state index contributed by atoms with van der Waals surface area (Å²) in [7, 11) is 1.68. The number of morpholine rings is 1. The highest BCUT2D eigenvalue weighted by molar-refractivity contribution is 14.0. The Labute approximate surface area is 192 Å². The van der Waals surface area contributed by atoms with Crippen molar-refractivity contribution in [3.8, 4) is 5.75 Å². The van der Waals surface area contributed by atoms with E-state index in [1.807, 2.05) is 31.2 Å². The van der Waals surface area contributed by atoms with Gasteiger partial charge in [0.05, 0.1) is 26.9 Å². The third kappa shape index (κ3) is 11.6. The molecule has 0 atom stereocenters. The molecule has 8 heteroatoms. The van der Waals surface area contributed by atoms with Gasteiger partial charge < -0.3 is 24.8 Å². The Hall–Kier alpha value is -1.10. The first-order valence-corrected chi connectivity index (χ1v) is 10.3.